The fourth-order valence-corrected chi connectivity index (χ4v) is 8.80. The van der Waals surface area contributed by atoms with Gasteiger partial charge in [0.05, 0.1) is 39.9 Å². The average Bonchev–Trinajstić information content (AvgIpc) is 3.52. The number of nitrogens with zero attached hydrogens (tertiary/aromatic N) is 1. The van der Waals surface area contributed by atoms with Crippen LogP contribution in [0.4, 0.5) is 11.4 Å². The standard InChI is InChI=1S/C28H32ClN3O4S/c1-16(2)14-18(15-33)32-24(26(35)31-20-11-7-6-10-19(20)29)28-13-12-21(37-28)22(23(28)27(32)36)25(34)30-17-8-4-3-5-9-17/h3-11,16,18,21-24,33H,12-15H2,1-2H3,(H,30,34)(H,31,35)/t18-,21-,22+,23+,24?,28?/m1/s1. The Morgan fingerprint density at radius 1 is 1.11 bits per heavy atom. The number of anilines is 2. The van der Waals surface area contributed by atoms with Crippen molar-refractivity contribution in [2.75, 3.05) is 17.2 Å². The number of halogens is 1. The molecule has 196 valence electrons. The zero-order chi connectivity index (χ0) is 26.3. The van der Waals surface area contributed by atoms with Gasteiger partial charge in [-0.25, -0.2) is 0 Å². The third-order valence-corrected chi connectivity index (χ3v) is 10.1. The maximum absolute atomic E-state index is 14.2. The number of likely N-dealkylation sites (tertiary alicyclic amines) is 1. The van der Waals surface area contributed by atoms with E-state index in [4.69, 9.17) is 11.6 Å². The Morgan fingerprint density at radius 2 is 1.81 bits per heavy atom. The second-order valence-electron chi connectivity index (χ2n) is 10.6. The third kappa shape index (κ3) is 4.53. The lowest BCUT2D eigenvalue weighted by Gasteiger charge is -2.37. The highest BCUT2D eigenvalue weighted by atomic mass is 35.5. The molecule has 3 aliphatic rings. The third-order valence-electron chi connectivity index (χ3n) is 7.81. The molecule has 9 heteroatoms. The van der Waals surface area contributed by atoms with Gasteiger partial charge in [-0.3, -0.25) is 14.4 Å². The number of thioether (sulfide) groups is 1. The molecule has 3 heterocycles. The number of hydrogen-bond acceptors (Lipinski definition) is 5. The van der Waals surface area contributed by atoms with Crippen LogP contribution in [0.3, 0.4) is 0 Å². The van der Waals surface area contributed by atoms with Crippen molar-refractivity contribution in [3.05, 3.63) is 59.6 Å². The number of carbonyl (C=O) groups excluding carboxylic acids is 3. The van der Waals surface area contributed by atoms with Gasteiger partial charge >= 0.3 is 0 Å². The summed E-state index contributed by atoms with van der Waals surface area (Å²) in [4.78, 5) is 43.3. The fraction of sp³-hybridized carbons (Fsp3) is 0.464. The van der Waals surface area contributed by atoms with Gasteiger partial charge in [0.2, 0.25) is 17.7 Å². The Morgan fingerprint density at radius 3 is 2.49 bits per heavy atom. The minimum atomic E-state index is -0.818. The zero-order valence-corrected chi connectivity index (χ0v) is 22.5. The summed E-state index contributed by atoms with van der Waals surface area (Å²) in [5, 5.41) is 16.7. The van der Waals surface area contributed by atoms with E-state index in [1.165, 1.54) is 0 Å². The quantitative estimate of drug-likeness (QED) is 0.459. The normalized spacial score (nSPS) is 28.9. The van der Waals surface area contributed by atoms with Crippen LogP contribution >= 0.6 is 23.4 Å². The van der Waals surface area contributed by atoms with Crippen LogP contribution in [0.15, 0.2) is 54.6 Å². The number of aliphatic hydroxyl groups is 1. The van der Waals surface area contributed by atoms with E-state index in [0.29, 0.717) is 29.2 Å². The molecule has 6 atom stereocenters. The zero-order valence-electron chi connectivity index (χ0n) is 20.9. The number of benzene rings is 2. The molecular weight excluding hydrogens is 510 g/mol. The minimum Gasteiger partial charge on any atom is -0.394 e. The predicted octanol–water partition coefficient (Wildman–Crippen LogP) is 4.42. The number of hydrogen-bond donors (Lipinski definition) is 3. The summed E-state index contributed by atoms with van der Waals surface area (Å²) >= 11 is 7.94. The molecular formula is C28H32ClN3O4S. The van der Waals surface area contributed by atoms with Crippen LogP contribution in [0.1, 0.15) is 33.1 Å². The molecule has 3 aliphatic heterocycles. The molecule has 37 heavy (non-hydrogen) atoms. The molecule has 0 aromatic heterocycles. The second-order valence-corrected chi connectivity index (χ2v) is 12.6. The maximum atomic E-state index is 14.2. The number of para-hydroxylation sites is 2. The molecule has 5 rings (SSSR count). The average molecular weight is 542 g/mol. The van der Waals surface area contributed by atoms with Crippen molar-refractivity contribution in [2.24, 2.45) is 17.8 Å². The van der Waals surface area contributed by atoms with Gasteiger partial charge in [-0.2, -0.15) is 0 Å². The minimum absolute atomic E-state index is 0.0481. The Labute approximate surface area is 226 Å². The highest BCUT2D eigenvalue weighted by molar-refractivity contribution is 8.02. The molecule has 3 saturated heterocycles. The number of nitrogens with one attached hydrogen (secondary N) is 2. The summed E-state index contributed by atoms with van der Waals surface area (Å²) in [6.45, 7) is 3.80. The van der Waals surface area contributed by atoms with Gasteiger partial charge in [0.25, 0.3) is 0 Å². The van der Waals surface area contributed by atoms with E-state index in [2.05, 4.69) is 10.6 Å². The van der Waals surface area contributed by atoms with E-state index >= 15 is 0 Å². The molecule has 7 nitrogen and oxygen atoms in total. The van der Waals surface area contributed by atoms with Gasteiger partial charge in [0.15, 0.2) is 0 Å². The van der Waals surface area contributed by atoms with Crippen molar-refractivity contribution in [3.63, 3.8) is 0 Å². The van der Waals surface area contributed by atoms with E-state index in [0.717, 1.165) is 6.42 Å². The van der Waals surface area contributed by atoms with Crippen LogP contribution in [0.2, 0.25) is 5.02 Å². The Hall–Kier alpha value is -2.55. The first kappa shape index (κ1) is 26.1. The van der Waals surface area contributed by atoms with Gasteiger partial charge in [0, 0.05) is 10.9 Å². The molecule has 2 unspecified atom stereocenters. The van der Waals surface area contributed by atoms with Crippen LogP contribution in [0, 0.1) is 17.8 Å². The van der Waals surface area contributed by atoms with Gasteiger partial charge in [-0.1, -0.05) is 55.8 Å². The molecule has 0 saturated carbocycles. The molecule has 2 bridgehead atoms. The van der Waals surface area contributed by atoms with Crippen molar-refractivity contribution in [1.82, 2.24) is 4.90 Å². The summed E-state index contributed by atoms with van der Waals surface area (Å²) in [7, 11) is 0. The van der Waals surface area contributed by atoms with E-state index in [-0.39, 0.29) is 35.5 Å². The van der Waals surface area contributed by atoms with Crippen molar-refractivity contribution in [1.29, 1.82) is 0 Å². The molecule has 1 spiro atoms. The number of aliphatic hydroxyl groups excluding tert-OH is 1. The van der Waals surface area contributed by atoms with Gasteiger partial charge < -0.3 is 20.6 Å². The van der Waals surface area contributed by atoms with Crippen LogP contribution in [-0.2, 0) is 14.4 Å². The van der Waals surface area contributed by atoms with Crippen LogP contribution in [0.25, 0.3) is 0 Å². The SMILES string of the molecule is CC(C)C[C@H](CO)N1C(=O)[C@@H]2[C@@H](C(=O)Nc3ccccc3)[C@H]3CCC2(S3)C1C(=O)Nc1ccccc1Cl. The van der Waals surface area contributed by atoms with Crippen molar-refractivity contribution in [3.8, 4) is 0 Å². The van der Waals surface area contributed by atoms with Crippen molar-refractivity contribution in [2.45, 2.75) is 55.2 Å². The Bertz CT molecular complexity index is 1190. The fourth-order valence-electron chi connectivity index (χ4n) is 6.42. The summed E-state index contributed by atoms with van der Waals surface area (Å²) in [6.07, 6.45) is 1.96. The van der Waals surface area contributed by atoms with Gasteiger partial charge in [-0.15, -0.1) is 11.8 Å². The van der Waals surface area contributed by atoms with E-state index in [1.54, 1.807) is 40.9 Å². The monoisotopic (exact) mass is 541 g/mol. The Balaban J connectivity index is 1.52. The number of carbonyl (C=O) groups is 3. The smallest absolute Gasteiger partial charge is 0.248 e. The van der Waals surface area contributed by atoms with E-state index < -0.39 is 28.7 Å². The number of fused-ring (bicyclic) bond motifs is 1. The predicted molar refractivity (Wildman–Crippen MR) is 146 cm³/mol. The summed E-state index contributed by atoms with van der Waals surface area (Å²) < 4.78 is -0.740. The number of rotatable bonds is 8. The molecule has 2 aromatic carbocycles. The van der Waals surface area contributed by atoms with Crippen LogP contribution in [-0.4, -0.2) is 56.4 Å². The molecule has 0 radical (unpaired) electrons. The second kappa shape index (κ2) is 10.3. The summed E-state index contributed by atoms with van der Waals surface area (Å²) in [5.41, 5.74) is 1.15. The van der Waals surface area contributed by atoms with E-state index in [1.807, 2.05) is 44.2 Å². The van der Waals surface area contributed by atoms with Crippen LogP contribution < -0.4 is 10.6 Å². The molecule has 3 fully saturated rings. The first-order valence-electron chi connectivity index (χ1n) is 12.8. The maximum Gasteiger partial charge on any atom is 0.248 e. The lowest BCUT2D eigenvalue weighted by Crippen LogP contribution is -2.55. The molecule has 2 aromatic rings. The first-order chi connectivity index (χ1) is 17.8. The van der Waals surface area contributed by atoms with Crippen LogP contribution in [0.5, 0.6) is 0 Å². The Kier molecular flexibility index (Phi) is 7.27. The van der Waals surface area contributed by atoms with Crippen molar-refractivity contribution >= 4 is 52.5 Å². The largest absolute Gasteiger partial charge is 0.394 e. The van der Waals surface area contributed by atoms with Crippen molar-refractivity contribution < 1.29 is 19.5 Å². The first-order valence-corrected chi connectivity index (χ1v) is 14.0. The molecule has 3 N–H and O–H groups in total. The number of amides is 3. The highest BCUT2D eigenvalue weighted by Crippen LogP contribution is 2.66. The lowest BCUT2D eigenvalue weighted by molar-refractivity contribution is -0.141. The molecule has 3 amide bonds. The molecule has 0 aliphatic carbocycles. The summed E-state index contributed by atoms with van der Waals surface area (Å²) in [6, 6.07) is 14.9. The topological polar surface area (TPSA) is 98.7 Å². The van der Waals surface area contributed by atoms with Gasteiger partial charge in [0.1, 0.15) is 6.04 Å². The van der Waals surface area contributed by atoms with Gasteiger partial charge in [-0.05, 0) is 49.4 Å². The van der Waals surface area contributed by atoms with E-state index in [9.17, 15) is 19.5 Å². The summed E-state index contributed by atoms with van der Waals surface area (Å²) in [5.74, 6) is -1.73. The highest BCUT2D eigenvalue weighted by Gasteiger charge is 2.74. The lowest BCUT2D eigenvalue weighted by atomic mass is 9.70.